The first kappa shape index (κ1) is 15.7. The number of nitrogens with one attached hydrogen (secondary N) is 1. The number of aromatic nitrogens is 2. The van der Waals surface area contributed by atoms with Gasteiger partial charge in [-0.1, -0.05) is 13.8 Å². The highest BCUT2D eigenvalue weighted by atomic mass is 16.1. The molecule has 108 valence electrons. The highest BCUT2D eigenvalue weighted by molar-refractivity contribution is 5.81. The third-order valence-electron chi connectivity index (χ3n) is 3.32. The van der Waals surface area contributed by atoms with Gasteiger partial charge >= 0.3 is 0 Å². The third kappa shape index (κ3) is 4.33. The van der Waals surface area contributed by atoms with Crippen LogP contribution in [0.1, 0.15) is 31.1 Å². The molecule has 0 radical (unpaired) electrons. The van der Waals surface area contributed by atoms with E-state index in [4.69, 9.17) is 5.73 Å². The van der Waals surface area contributed by atoms with Gasteiger partial charge in [-0.05, 0) is 20.0 Å². The van der Waals surface area contributed by atoms with Crippen LogP contribution in [0.3, 0.4) is 0 Å². The zero-order chi connectivity index (χ0) is 14.4. The van der Waals surface area contributed by atoms with E-state index >= 15 is 0 Å². The first-order valence-corrected chi connectivity index (χ1v) is 6.74. The van der Waals surface area contributed by atoms with E-state index in [2.05, 4.69) is 29.2 Å². The highest BCUT2D eigenvalue weighted by Crippen LogP contribution is 2.15. The fraction of sp³-hybridized carbons (Fsp3) is 0.692. The smallest absolute Gasteiger partial charge is 0.239 e. The van der Waals surface area contributed by atoms with Gasteiger partial charge in [-0.2, -0.15) is 5.10 Å². The van der Waals surface area contributed by atoms with Crippen LogP contribution >= 0.6 is 0 Å². The Labute approximate surface area is 114 Å². The minimum absolute atomic E-state index is 0.365. The summed E-state index contributed by atoms with van der Waals surface area (Å²) in [5, 5.41) is 7.47. The summed E-state index contributed by atoms with van der Waals surface area (Å²) in [5.74, 6) is -0.365. The molecule has 0 saturated carbocycles. The number of nitrogens with zero attached hydrogens (tertiary/aromatic N) is 3. The maximum Gasteiger partial charge on any atom is 0.239 e. The summed E-state index contributed by atoms with van der Waals surface area (Å²) >= 11 is 0. The molecular weight excluding hydrogens is 242 g/mol. The summed E-state index contributed by atoms with van der Waals surface area (Å²) in [4.78, 5) is 13.9. The number of carbonyl (C=O) groups is 1. The monoisotopic (exact) mass is 267 g/mol. The number of carbonyl (C=O) groups excluding carboxylic acids is 1. The molecule has 1 amide bonds. The van der Waals surface area contributed by atoms with Crippen LogP contribution in [-0.4, -0.2) is 46.8 Å². The fourth-order valence-corrected chi connectivity index (χ4v) is 2.17. The Hall–Kier alpha value is -1.40. The lowest BCUT2D eigenvalue weighted by Crippen LogP contribution is -2.39. The Morgan fingerprint density at radius 2 is 2.16 bits per heavy atom. The van der Waals surface area contributed by atoms with Gasteiger partial charge in [0, 0.05) is 31.9 Å². The Bertz CT molecular complexity index is 411. The molecule has 1 unspecified atom stereocenters. The minimum atomic E-state index is -0.468. The van der Waals surface area contributed by atoms with Crippen molar-refractivity contribution in [2.45, 2.75) is 26.8 Å². The van der Waals surface area contributed by atoms with E-state index in [0.717, 1.165) is 37.4 Å². The highest BCUT2D eigenvalue weighted by Gasteiger charge is 2.21. The van der Waals surface area contributed by atoms with E-state index in [1.54, 1.807) is 4.68 Å². The van der Waals surface area contributed by atoms with Crippen molar-refractivity contribution in [2.24, 2.45) is 12.8 Å². The van der Waals surface area contributed by atoms with Gasteiger partial charge in [0.05, 0.1) is 5.69 Å². The van der Waals surface area contributed by atoms with Gasteiger partial charge in [-0.3, -0.25) is 9.48 Å². The van der Waals surface area contributed by atoms with E-state index in [-0.39, 0.29) is 5.91 Å². The number of primary amides is 1. The van der Waals surface area contributed by atoms with Crippen LogP contribution in [0.4, 0.5) is 0 Å². The van der Waals surface area contributed by atoms with Crippen molar-refractivity contribution in [1.29, 1.82) is 0 Å². The Morgan fingerprint density at radius 1 is 1.53 bits per heavy atom. The van der Waals surface area contributed by atoms with Crippen LogP contribution < -0.4 is 11.1 Å². The quantitative estimate of drug-likeness (QED) is 0.705. The molecule has 0 aliphatic heterocycles. The van der Waals surface area contributed by atoms with Crippen LogP contribution in [-0.2, 0) is 11.8 Å². The molecule has 1 aromatic heterocycles. The SMILES string of the molecule is CCN(CC)CCNC(C(N)=O)c1cn(C)nc1C. The first-order chi connectivity index (χ1) is 8.99. The second-order valence-electron chi connectivity index (χ2n) is 4.66. The molecule has 1 atom stereocenters. The number of hydrogen-bond acceptors (Lipinski definition) is 4. The van der Waals surface area contributed by atoms with E-state index in [9.17, 15) is 4.79 Å². The van der Waals surface area contributed by atoms with E-state index in [1.165, 1.54) is 0 Å². The Balaban J connectivity index is 2.64. The molecule has 1 rings (SSSR count). The standard InChI is InChI=1S/C13H25N5O/c1-5-18(6-2)8-7-15-12(13(14)19)11-9-17(4)16-10(11)3/h9,12,15H,5-8H2,1-4H3,(H2,14,19). The van der Waals surface area contributed by atoms with Gasteiger partial charge in [0.25, 0.3) is 0 Å². The van der Waals surface area contributed by atoms with Gasteiger partial charge in [-0.25, -0.2) is 0 Å². The molecule has 1 aromatic rings. The lowest BCUT2D eigenvalue weighted by molar-refractivity contribution is -0.120. The Morgan fingerprint density at radius 3 is 2.58 bits per heavy atom. The van der Waals surface area contributed by atoms with Gasteiger partial charge in [0.1, 0.15) is 6.04 Å². The van der Waals surface area contributed by atoms with Crippen LogP contribution in [0.5, 0.6) is 0 Å². The molecule has 3 N–H and O–H groups in total. The van der Waals surface area contributed by atoms with Crippen molar-refractivity contribution in [3.8, 4) is 0 Å². The Kier molecular flexibility index (Phi) is 5.98. The van der Waals surface area contributed by atoms with E-state index < -0.39 is 6.04 Å². The number of likely N-dealkylation sites (N-methyl/N-ethyl adjacent to an activating group) is 1. The fourth-order valence-electron chi connectivity index (χ4n) is 2.17. The topological polar surface area (TPSA) is 76.2 Å². The van der Waals surface area contributed by atoms with Gasteiger partial charge in [0.2, 0.25) is 5.91 Å². The van der Waals surface area contributed by atoms with Crippen molar-refractivity contribution in [1.82, 2.24) is 20.0 Å². The summed E-state index contributed by atoms with van der Waals surface area (Å²) in [6.07, 6.45) is 1.84. The van der Waals surface area contributed by atoms with Crippen LogP contribution in [0.15, 0.2) is 6.20 Å². The molecular formula is C13H25N5O. The average molecular weight is 267 g/mol. The summed E-state index contributed by atoms with van der Waals surface area (Å²) in [7, 11) is 1.84. The van der Waals surface area contributed by atoms with Crippen molar-refractivity contribution < 1.29 is 4.79 Å². The molecule has 0 saturated heterocycles. The normalized spacial score (nSPS) is 12.9. The number of nitrogens with two attached hydrogens (primary N) is 1. The lowest BCUT2D eigenvalue weighted by Gasteiger charge is -2.20. The second kappa shape index (κ2) is 7.25. The predicted molar refractivity (Wildman–Crippen MR) is 75.7 cm³/mol. The number of hydrogen-bond donors (Lipinski definition) is 2. The average Bonchev–Trinajstić information content (AvgIpc) is 2.68. The molecule has 0 fully saturated rings. The first-order valence-electron chi connectivity index (χ1n) is 6.74. The molecule has 0 spiro atoms. The maximum absolute atomic E-state index is 11.6. The summed E-state index contributed by atoms with van der Waals surface area (Å²) in [6.45, 7) is 9.77. The molecule has 6 nitrogen and oxygen atoms in total. The summed E-state index contributed by atoms with van der Waals surface area (Å²) in [5.41, 5.74) is 7.17. The largest absolute Gasteiger partial charge is 0.368 e. The van der Waals surface area contributed by atoms with Crippen LogP contribution in [0.25, 0.3) is 0 Å². The lowest BCUT2D eigenvalue weighted by atomic mass is 10.1. The zero-order valence-corrected chi connectivity index (χ0v) is 12.3. The molecule has 0 bridgehead atoms. The van der Waals surface area contributed by atoms with Gasteiger partial charge in [-0.15, -0.1) is 0 Å². The predicted octanol–water partition coefficient (Wildman–Crippen LogP) is 0.186. The third-order valence-corrected chi connectivity index (χ3v) is 3.32. The molecule has 0 aliphatic carbocycles. The van der Waals surface area contributed by atoms with Crippen molar-refractivity contribution in [3.05, 3.63) is 17.5 Å². The van der Waals surface area contributed by atoms with E-state index in [0.29, 0.717) is 0 Å². The zero-order valence-electron chi connectivity index (χ0n) is 12.3. The van der Waals surface area contributed by atoms with Crippen LogP contribution in [0.2, 0.25) is 0 Å². The van der Waals surface area contributed by atoms with Gasteiger partial charge < -0.3 is 16.0 Å². The van der Waals surface area contributed by atoms with Crippen molar-refractivity contribution in [2.75, 3.05) is 26.2 Å². The molecule has 6 heteroatoms. The number of aryl methyl sites for hydroxylation is 2. The van der Waals surface area contributed by atoms with Gasteiger partial charge in [0.15, 0.2) is 0 Å². The minimum Gasteiger partial charge on any atom is -0.368 e. The number of amides is 1. The second-order valence-corrected chi connectivity index (χ2v) is 4.66. The summed E-state index contributed by atoms with van der Waals surface area (Å²) in [6, 6.07) is -0.468. The summed E-state index contributed by atoms with van der Waals surface area (Å²) < 4.78 is 1.70. The molecule has 19 heavy (non-hydrogen) atoms. The van der Waals surface area contributed by atoms with Crippen LogP contribution in [0, 0.1) is 6.92 Å². The molecule has 1 heterocycles. The number of rotatable bonds is 8. The molecule has 0 aromatic carbocycles. The molecule has 0 aliphatic rings. The van der Waals surface area contributed by atoms with Crippen molar-refractivity contribution in [3.63, 3.8) is 0 Å². The maximum atomic E-state index is 11.6. The van der Waals surface area contributed by atoms with Crippen molar-refractivity contribution >= 4 is 5.91 Å². The van der Waals surface area contributed by atoms with E-state index in [1.807, 2.05) is 20.2 Å².